The summed E-state index contributed by atoms with van der Waals surface area (Å²) in [5.41, 5.74) is 2.34. The van der Waals surface area contributed by atoms with Gasteiger partial charge in [-0.05, 0) is 53.0 Å². The molecule has 1 atom stereocenters. The van der Waals surface area contributed by atoms with Gasteiger partial charge < -0.3 is 25.4 Å². The molecule has 186 valence electrons. The number of nitrogens with zero attached hydrogens (tertiary/aromatic N) is 1. The van der Waals surface area contributed by atoms with Crippen LogP contribution in [0.2, 0.25) is 0 Å². The first-order valence-corrected chi connectivity index (χ1v) is 11.8. The number of alkyl carbamates (subject to hydrolysis) is 1. The van der Waals surface area contributed by atoms with Crippen LogP contribution in [0.3, 0.4) is 0 Å². The van der Waals surface area contributed by atoms with Gasteiger partial charge in [0.2, 0.25) is 0 Å². The Morgan fingerprint density at radius 3 is 2.38 bits per heavy atom. The number of benzene rings is 1. The van der Waals surface area contributed by atoms with Gasteiger partial charge in [0.05, 0.1) is 18.2 Å². The van der Waals surface area contributed by atoms with Crippen molar-refractivity contribution in [1.29, 1.82) is 0 Å². The molecule has 9 heteroatoms. The maximum Gasteiger partial charge on any atom is 0.407 e. The van der Waals surface area contributed by atoms with Crippen molar-refractivity contribution >= 4 is 18.1 Å². The fourth-order valence-electron chi connectivity index (χ4n) is 4.13. The zero-order valence-corrected chi connectivity index (χ0v) is 20.7. The second-order valence-electron chi connectivity index (χ2n) is 9.75. The van der Waals surface area contributed by atoms with E-state index in [4.69, 9.17) is 9.47 Å². The SMILES string of the molecule is CCOC(=O)C1=C(CN2CCC(NC(=O)OC(C)(C)C)CC2)NC(=O)NC1c1ccc(C)cc1. The third-order valence-electron chi connectivity index (χ3n) is 5.75. The van der Waals surface area contributed by atoms with Crippen molar-refractivity contribution in [2.24, 2.45) is 0 Å². The van der Waals surface area contributed by atoms with E-state index >= 15 is 0 Å². The number of nitrogens with one attached hydrogen (secondary N) is 3. The van der Waals surface area contributed by atoms with Gasteiger partial charge in [0.15, 0.2) is 0 Å². The number of urea groups is 1. The lowest BCUT2D eigenvalue weighted by molar-refractivity contribution is -0.139. The van der Waals surface area contributed by atoms with Gasteiger partial charge in [0.25, 0.3) is 0 Å². The highest BCUT2D eigenvalue weighted by Crippen LogP contribution is 2.29. The zero-order valence-electron chi connectivity index (χ0n) is 20.7. The molecule has 2 aliphatic heterocycles. The minimum atomic E-state index is -0.588. The van der Waals surface area contributed by atoms with Gasteiger partial charge in [-0.1, -0.05) is 29.8 Å². The Labute approximate surface area is 201 Å². The first-order chi connectivity index (χ1) is 16.1. The van der Waals surface area contributed by atoms with E-state index in [9.17, 15) is 14.4 Å². The summed E-state index contributed by atoms with van der Waals surface area (Å²) in [7, 11) is 0. The number of esters is 1. The summed E-state index contributed by atoms with van der Waals surface area (Å²) in [5.74, 6) is -0.447. The summed E-state index contributed by atoms with van der Waals surface area (Å²) in [6, 6.07) is 6.81. The summed E-state index contributed by atoms with van der Waals surface area (Å²) in [4.78, 5) is 39.7. The van der Waals surface area contributed by atoms with E-state index in [0.717, 1.165) is 24.0 Å². The monoisotopic (exact) mass is 472 g/mol. The summed E-state index contributed by atoms with van der Waals surface area (Å²) in [6.07, 6.45) is 1.08. The molecule has 3 rings (SSSR count). The van der Waals surface area contributed by atoms with Crippen LogP contribution in [0.4, 0.5) is 9.59 Å². The predicted molar refractivity (Wildman–Crippen MR) is 128 cm³/mol. The van der Waals surface area contributed by atoms with Crippen molar-refractivity contribution in [3.8, 4) is 0 Å². The zero-order chi connectivity index (χ0) is 24.9. The van der Waals surface area contributed by atoms with Crippen LogP contribution >= 0.6 is 0 Å². The lowest BCUT2D eigenvalue weighted by Gasteiger charge is -2.35. The molecule has 2 aliphatic rings. The molecular formula is C25H36N4O5. The van der Waals surface area contributed by atoms with Crippen LogP contribution in [-0.2, 0) is 14.3 Å². The van der Waals surface area contributed by atoms with E-state index in [0.29, 0.717) is 30.9 Å². The number of amides is 3. The van der Waals surface area contributed by atoms with Crippen LogP contribution in [-0.4, -0.2) is 60.9 Å². The number of hydrogen-bond donors (Lipinski definition) is 3. The Bertz CT molecular complexity index is 928. The van der Waals surface area contributed by atoms with E-state index < -0.39 is 23.7 Å². The molecule has 0 bridgehead atoms. The Balaban J connectivity index is 1.73. The average Bonchev–Trinajstić information content (AvgIpc) is 2.74. The molecule has 3 N–H and O–H groups in total. The Morgan fingerprint density at radius 2 is 1.79 bits per heavy atom. The number of carbonyl (C=O) groups excluding carboxylic acids is 3. The van der Waals surface area contributed by atoms with Gasteiger partial charge >= 0.3 is 18.1 Å². The van der Waals surface area contributed by atoms with Crippen LogP contribution < -0.4 is 16.0 Å². The van der Waals surface area contributed by atoms with E-state index in [-0.39, 0.29) is 18.7 Å². The fourth-order valence-corrected chi connectivity index (χ4v) is 4.13. The third-order valence-corrected chi connectivity index (χ3v) is 5.75. The molecule has 34 heavy (non-hydrogen) atoms. The average molecular weight is 473 g/mol. The quantitative estimate of drug-likeness (QED) is 0.549. The van der Waals surface area contributed by atoms with E-state index in [1.54, 1.807) is 6.92 Å². The summed E-state index contributed by atoms with van der Waals surface area (Å²) in [6.45, 7) is 11.3. The lowest BCUT2D eigenvalue weighted by Crippen LogP contribution is -2.50. The van der Waals surface area contributed by atoms with Crippen LogP contribution in [0.15, 0.2) is 35.5 Å². The lowest BCUT2D eigenvalue weighted by atomic mass is 9.94. The van der Waals surface area contributed by atoms with Gasteiger partial charge in [0, 0.05) is 31.4 Å². The highest BCUT2D eigenvalue weighted by Gasteiger charge is 2.35. The van der Waals surface area contributed by atoms with Crippen LogP contribution in [0, 0.1) is 6.92 Å². The van der Waals surface area contributed by atoms with Gasteiger partial charge in [-0.2, -0.15) is 0 Å². The van der Waals surface area contributed by atoms with Crippen LogP contribution in [0.1, 0.15) is 57.7 Å². The second-order valence-corrected chi connectivity index (χ2v) is 9.75. The molecule has 1 aromatic carbocycles. The number of hydrogen-bond acceptors (Lipinski definition) is 6. The molecule has 2 heterocycles. The van der Waals surface area contributed by atoms with Gasteiger partial charge in [-0.25, -0.2) is 14.4 Å². The predicted octanol–water partition coefficient (Wildman–Crippen LogP) is 3.16. The van der Waals surface area contributed by atoms with Crippen molar-refractivity contribution in [2.45, 2.75) is 65.1 Å². The molecular weight excluding hydrogens is 436 g/mol. The maximum atomic E-state index is 12.9. The minimum absolute atomic E-state index is 0.0209. The molecule has 3 amide bonds. The van der Waals surface area contributed by atoms with E-state index in [1.165, 1.54) is 0 Å². The molecule has 0 aliphatic carbocycles. The highest BCUT2D eigenvalue weighted by atomic mass is 16.6. The molecule has 0 aromatic heterocycles. The fraction of sp³-hybridized carbons (Fsp3) is 0.560. The number of ether oxygens (including phenoxy) is 2. The molecule has 1 aromatic rings. The second kappa shape index (κ2) is 10.9. The van der Waals surface area contributed by atoms with E-state index in [2.05, 4.69) is 20.9 Å². The first kappa shape index (κ1) is 25.6. The third kappa shape index (κ3) is 6.96. The van der Waals surface area contributed by atoms with Crippen LogP contribution in [0.5, 0.6) is 0 Å². The summed E-state index contributed by atoms with van der Waals surface area (Å²) >= 11 is 0. The Kier molecular flexibility index (Phi) is 8.19. The van der Waals surface area contributed by atoms with Gasteiger partial charge in [-0.3, -0.25) is 4.90 Å². The van der Waals surface area contributed by atoms with Crippen LogP contribution in [0.25, 0.3) is 0 Å². The molecule has 0 saturated carbocycles. The van der Waals surface area contributed by atoms with Gasteiger partial charge in [0.1, 0.15) is 5.60 Å². The number of carbonyl (C=O) groups is 3. The van der Waals surface area contributed by atoms with Crippen molar-refractivity contribution in [3.63, 3.8) is 0 Å². The topological polar surface area (TPSA) is 109 Å². The summed E-state index contributed by atoms with van der Waals surface area (Å²) < 4.78 is 10.7. The Hall–Kier alpha value is -3.07. The number of rotatable bonds is 6. The standard InChI is InChI=1S/C25H36N4O5/c1-6-33-22(30)20-19(27-23(31)28-21(20)17-9-7-16(2)8-10-17)15-29-13-11-18(12-14-29)26-24(32)34-25(3,4)5/h7-10,18,21H,6,11-15H2,1-5H3,(H,26,32)(H2,27,28,31). The molecule has 1 saturated heterocycles. The minimum Gasteiger partial charge on any atom is -0.463 e. The van der Waals surface area contributed by atoms with E-state index in [1.807, 2.05) is 52.0 Å². The van der Waals surface area contributed by atoms with Crippen molar-refractivity contribution in [1.82, 2.24) is 20.9 Å². The first-order valence-electron chi connectivity index (χ1n) is 11.8. The summed E-state index contributed by atoms with van der Waals surface area (Å²) in [5, 5.41) is 8.63. The molecule has 9 nitrogen and oxygen atoms in total. The van der Waals surface area contributed by atoms with Crippen molar-refractivity contribution < 1.29 is 23.9 Å². The molecule has 1 fully saturated rings. The highest BCUT2D eigenvalue weighted by molar-refractivity contribution is 5.95. The number of aryl methyl sites for hydroxylation is 1. The molecule has 0 spiro atoms. The largest absolute Gasteiger partial charge is 0.463 e. The molecule has 0 radical (unpaired) electrons. The molecule has 1 unspecified atom stereocenters. The smallest absolute Gasteiger partial charge is 0.407 e. The maximum absolute atomic E-state index is 12.9. The Morgan fingerprint density at radius 1 is 1.15 bits per heavy atom. The number of likely N-dealkylation sites (tertiary alicyclic amines) is 1. The normalized spacial score (nSPS) is 19.8. The number of piperidine rings is 1. The van der Waals surface area contributed by atoms with Crippen molar-refractivity contribution in [2.75, 3.05) is 26.2 Å². The van der Waals surface area contributed by atoms with Crippen molar-refractivity contribution in [3.05, 3.63) is 46.7 Å². The van der Waals surface area contributed by atoms with Gasteiger partial charge in [-0.15, -0.1) is 0 Å².